The molecular formula is C13H18O2. The van der Waals surface area contributed by atoms with Crippen molar-refractivity contribution in [1.82, 2.24) is 0 Å². The lowest BCUT2D eigenvalue weighted by molar-refractivity contribution is -0.134. The minimum Gasteiger partial charge on any atom is -0.460 e. The van der Waals surface area contributed by atoms with Gasteiger partial charge in [0.25, 0.3) is 6.47 Å². The van der Waals surface area contributed by atoms with E-state index in [1.165, 1.54) is 0 Å². The van der Waals surface area contributed by atoms with Crippen LogP contribution in [-0.4, -0.2) is 6.47 Å². The summed E-state index contributed by atoms with van der Waals surface area (Å²) < 4.78 is 5.12. The molecule has 0 aliphatic carbocycles. The second-order valence-corrected chi connectivity index (χ2v) is 3.88. The molecule has 1 rings (SSSR count). The van der Waals surface area contributed by atoms with Gasteiger partial charge in [-0.2, -0.15) is 0 Å². The fourth-order valence-corrected chi connectivity index (χ4v) is 1.54. The minimum absolute atomic E-state index is 0.0985. The summed E-state index contributed by atoms with van der Waals surface area (Å²) in [6.07, 6.45) is 1.89. The van der Waals surface area contributed by atoms with Crippen molar-refractivity contribution in [3.05, 3.63) is 35.9 Å². The normalized spacial score (nSPS) is 14.3. The van der Waals surface area contributed by atoms with Gasteiger partial charge in [0.05, 0.1) is 0 Å². The van der Waals surface area contributed by atoms with Crippen molar-refractivity contribution in [2.75, 3.05) is 0 Å². The molecule has 0 fully saturated rings. The number of hydrogen-bond donors (Lipinski definition) is 0. The highest BCUT2D eigenvalue weighted by Crippen LogP contribution is 2.25. The molecule has 0 radical (unpaired) electrons. The van der Waals surface area contributed by atoms with Crippen LogP contribution >= 0.6 is 0 Å². The zero-order chi connectivity index (χ0) is 11.1. The predicted octanol–water partition coefficient (Wildman–Crippen LogP) is 3.34. The lowest BCUT2D eigenvalue weighted by Gasteiger charge is -2.18. The largest absolute Gasteiger partial charge is 0.460 e. The monoisotopic (exact) mass is 206 g/mol. The second-order valence-electron chi connectivity index (χ2n) is 3.88. The van der Waals surface area contributed by atoms with E-state index >= 15 is 0 Å². The van der Waals surface area contributed by atoms with Crippen molar-refractivity contribution in [3.8, 4) is 0 Å². The third kappa shape index (κ3) is 3.74. The number of hydrogen-bond acceptors (Lipinski definition) is 2. The molecule has 0 bridgehead atoms. The summed E-state index contributed by atoms with van der Waals surface area (Å²) in [5.74, 6) is 0.565. The Balaban J connectivity index is 2.69. The fraction of sp³-hybridized carbons (Fsp3) is 0.462. The van der Waals surface area contributed by atoms with Crippen LogP contribution in [0.15, 0.2) is 30.3 Å². The highest BCUT2D eigenvalue weighted by atomic mass is 16.5. The van der Waals surface area contributed by atoms with Crippen molar-refractivity contribution in [2.24, 2.45) is 5.92 Å². The number of carbonyl (C=O) groups excluding carboxylic acids is 1. The summed E-state index contributed by atoms with van der Waals surface area (Å²) in [6, 6.07) is 9.89. The molecule has 0 amide bonds. The van der Waals surface area contributed by atoms with E-state index in [0.717, 1.165) is 18.4 Å². The van der Waals surface area contributed by atoms with E-state index in [-0.39, 0.29) is 6.10 Å². The van der Waals surface area contributed by atoms with Crippen molar-refractivity contribution in [1.29, 1.82) is 0 Å². The number of benzene rings is 1. The summed E-state index contributed by atoms with van der Waals surface area (Å²) in [7, 11) is 0. The maximum Gasteiger partial charge on any atom is 0.293 e. The predicted molar refractivity (Wildman–Crippen MR) is 60.4 cm³/mol. The van der Waals surface area contributed by atoms with Crippen LogP contribution in [0.5, 0.6) is 0 Å². The Morgan fingerprint density at radius 3 is 2.53 bits per heavy atom. The zero-order valence-corrected chi connectivity index (χ0v) is 9.35. The first kappa shape index (κ1) is 11.8. The van der Waals surface area contributed by atoms with E-state index in [2.05, 4.69) is 13.8 Å². The van der Waals surface area contributed by atoms with Crippen molar-refractivity contribution < 1.29 is 9.53 Å². The highest BCUT2D eigenvalue weighted by Gasteiger charge is 2.14. The van der Waals surface area contributed by atoms with Gasteiger partial charge in [-0.1, -0.05) is 50.6 Å². The molecule has 0 aliphatic rings. The molecule has 2 unspecified atom stereocenters. The Bertz CT molecular complexity index is 282. The summed E-state index contributed by atoms with van der Waals surface area (Å²) >= 11 is 0. The average Bonchev–Trinajstić information content (AvgIpc) is 2.29. The van der Waals surface area contributed by atoms with Gasteiger partial charge in [-0.25, -0.2) is 0 Å². The number of carbonyl (C=O) groups is 1. The molecule has 1 aromatic carbocycles. The van der Waals surface area contributed by atoms with E-state index < -0.39 is 0 Å². The molecule has 0 saturated heterocycles. The molecule has 0 N–H and O–H groups in total. The molecule has 0 aliphatic heterocycles. The number of ether oxygens (including phenoxy) is 1. The van der Waals surface area contributed by atoms with Gasteiger partial charge in [-0.15, -0.1) is 0 Å². The van der Waals surface area contributed by atoms with Gasteiger partial charge < -0.3 is 4.74 Å². The van der Waals surface area contributed by atoms with Crippen LogP contribution in [0.2, 0.25) is 0 Å². The van der Waals surface area contributed by atoms with Crippen LogP contribution in [0.1, 0.15) is 38.4 Å². The first-order valence-electron chi connectivity index (χ1n) is 5.42. The number of rotatable bonds is 6. The lowest BCUT2D eigenvalue weighted by atomic mass is 9.96. The molecule has 0 aromatic heterocycles. The molecule has 2 heteroatoms. The van der Waals surface area contributed by atoms with Gasteiger partial charge in [0.1, 0.15) is 6.10 Å². The van der Waals surface area contributed by atoms with Crippen LogP contribution in [0.25, 0.3) is 0 Å². The molecule has 0 heterocycles. The Hall–Kier alpha value is -1.31. The molecule has 82 valence electrons. The van der Waals surface area contributed by atoms with E-state index in [4.69, 9.17) is 4.74 Å². The third-order valence-electron chi connectivity index (χ3n) is 2.70. The van der Waals surface area contributed by atoms with Gasteiger partial charge >= 0.3 is 0 Å². The van der Waals surface area contributed by atoms with Crippen LogP contribution in [0, 0.1) is 5.92 Å². The van der Waals surface area contributed by atoms with Crippen LogP contribution in [-0.2, 0) is 9.53 Å². The van der Waals surface area contributed by atoms with Crippen molar-refractivity contribution >= 4 is 6.47 Å². The van der Waals surface area contributed by atoms with Crippen LogP contribution in [0.3, 0.4) is 0 Å². The van der Waals surface area contributed by atoms with E-state index in [1.54, 1.807) is 0 Å². The standard InChI is InChI=1S/C13H18O2/c1-3-11(2)9-13(15-10-14)12-7-5-4-6-8-12/h4-8,10-11,13H,3,9H2,1-2H3. The van der Waals surface area contributed by atoms with Crippen LogP contribution < -0.4 is 0 Å². The van der Waals surface area contributed by atoms with Crippen molar-refractivity contribution in [2.45, 2.75) is 32.8 Å². The molecular weight excluding hydrogens is 188 g/mol. The second kappa shape index (κ2) is 6.23. The Kier molecular flexibility index (Phi) is 4.88. The topological polar surface area (TPSA) is 26.3 Å². The SMILES string of the molecule is CCC(C)CC(OC=O)c1ccccc1. The molecule has 1 aromatic rings. The molecule has 0 saturated carbocycles. The summed E-state index contributed by atoms with van der Waals surface area (Å²) in [4.78, 5) is 10.4. The first-order valence-corrected chi connectivity index (χ1v) is 5.42. The smallest absolute Gasteiger partial charge is 0.293 e. The maximum atomic E-state index is 10.4. The van der Waals surface area contributed by atoms with Gasteiger partial charge in [-0.3, -0.25) is 4.79 Å². The Morgan fingerprint density at radius 1 is 1.33 bits per heavy atom. The van der Waals surface area contributed by atoms with Gasteiger partial charge in [0, 0.05) is 0 Å². The van der Waals surface area contributed by atoms with Gasteiger partial charge in [-0.05, 0) is 17.9 Å². The first-order chi connectivity index (χ1) is 7.27. The maximum absolute atomic E-state index is 10.4. The van der Waals surface area contributed by atoms with E-state index in [1.807, 2.05) is 30.3 Å². The quantitative estimate of drug-likeness (QED) is 0.667. The fourth-order valence-electron chi connectivity index (χ4n) is 1.54. The summed E-state index contributed by atoms with van der Waals surface area (Å²) in [6.45, 7) is 4.86. The lowest BCUT2D eigenvalue weighted by Crippen LogP contribution is -2.07. The molecule has 2 atom stereocenters. The van der Waals surface area contributed by atoms with Gasteiger partial charge in [0.15, 0.2) is 0 Å². The summed E-state index contributed by atoms with van der Waals surface area (Å²) in [5, 5.41) is 0. The average molecular weight is 206 g/mol. The third-order valence-corrected chi connectivity index (χ3v) is 2.70. The molecule has 0 spiro atoms. The minimum atomic E-state index is -0.0985. The zero-order valence-electron chi connectivity index (χ0n) is 9.35. The highest BCUT2D eigenvalue weighted by molar-refractivity contribution is 5.38. The van der Waals surface area contributed by atoms with Crippen LogP contribution in [0.4, 0.5) is 0 Å². The van der Waals surface area contributed by atoms with E-state index in [0.29, 0.717) is 12.4 Å². The summed E-state index contributed by atoms with van der Waals surface area (Å²) in [5.41, 5.74) is 1.07. The molecule has 2 nitrogen and oxygen atoms in total. The van der Waals surface area contributed by atoms with E-state index in [9.17, 15) is 4.79 Å². The molecule has 15 heavy (non-hydrogen) atoms. The Morgan fingerprint density at radius 2 is 2.00 bits per heavy atom. The van der Waals surface area contributed by atoms with Gasteiger partial charge in [0.2, 0.25) is 0 Å². The van der Waals surface area contributed by atoms with Crippen molar-refractivity contribution in [3.63, 3.8) is 0 Å². The Labute approximate surface area is 91.3 Å².